The second-order valence-corrected chi connectivity index (χ2v) is 5.16. The standard InChI is InChI=1S/C13H14F2N2O3/c1-13(2)11(19)17(12(20)16-13)6-10(18)7-3-4-8(14)9(15)5-7/h3-5,10,18H,6H2,1-2H3,(H,16,20). The molecule has 1 heterocycles. The Morgan fingerprint density at radius 1 is 1.30 bits per heavy atom. The van der Waals surface area contributed by atoms with Crippen molar-refractivity contribution < 1.29 is 23.5 Å². The van der Waals surface area contributed by atoms with Gasteiger partial charge in [0, 0.05) is 0 Å². The zero-order chi connectivity index (χ0) is 15.1. The first-order valence-corrected chi connectivity index (χ1v) is 5.99. The summed E-state index contributed by atoms with van der Waals surface area (Å²) in [5, 5.41) is 12.4. The Bertz CT molecular complexity index is 575. The number of benzene rings is 1. The van der Waals surface area contributed by atoms with Crippen molar-refractivity contribution in [3.63, 3.8) is 0 Å². The van der Waals surface area contributed by atoms with Crippen LogP contribution in [0.25, 0.3) is 0 Å². The zero-order valence-electron chi connectivity index (χ0n) is 11.0. The van der Waals surface area contributed by atoms with Crippen molar-refractivity contribution >= 4 is 11.9 Å². The van der Waals surface area contributed by atoms with Crippen molar-refractivity contribution in [2.45, 2.75) is 25.5 Å². The Morgan fingerprint density at radius 3 is 2.45 bits per heavy atom. The lowest BCUT2D eigenvalue weighted by molar-refractivity contribution is -0.131. The Morgan fingerprint density at radius 2 is 1.95 bits per heavy atom. The number of aliphatic hydroxyl groups excluding tert-OH is 1. The predicted octanol–water partition coefficient (Wildman–Crippen LogP) is 1.33. The van der Waals surface area contributed by atoms with Gasteiger partial charge in [0.1, 0.15) is 5.54 Å². The fraction of sp³-hybridized carbons (Fsp3) is 0.385. The molecule has 0 saturated carbocycles. The molecule has 0 radical (unpaired) electrons. The summed E-state index contributed by atoms with van der Waals surface area (Å²) in [4.78, 5) is 24.4. The van der Waals surface area contributed by atoms with E-state index in [0.29, 0.717) is 0 Å². The third-order valence-electron chi connectivity index (χ3n) is 3.13. The minimum Gasteiger partial charge on any atom is -0.387 e. The van der Waals surface area contributed by atoms with E-state index < -0.39 is 35.2 Å². The highest BCUT2D eigenvalue weighted by Gasteiger charge is 2.44. The molecule has 1 aromatic rings. The van der Waals surface area contributed by atoms with Crippen LogP contribution in [0.5, 0.6) is 0 Å². The van der Waals surface area contributed by atoms with Gasteiger partial charge in [-0.15, -0.1) is 0 Å². The first kappa shape index (κ1) is 14.4. The molecule has 20 heavy (non-hydrogen) atoms. The lowest BCUT2D eigenvalue weighted by Gasteiger charge is -2.19. The van der Waals surface area contributed by atoms with Crippen LogP contribution in [0.15, 0.2) is 18.2 Å². The summed E-state index contributed by atoms with van der Waals surface area (Å²) < 4.78 is 25.9. The number of amides is 3. The van der Waals surface area contributed by atoms with Gasteiger partial charge in [-0.05, 0) is 31.5 Å². The lowest BCUT2D eigenvalue weighted by atomic mass is 10.1. The summed E-state index contributed by atoms with van der Waals surface area (Å²) in [5.41, 5.74) is -0.945. The van der Waals surface area contributed by atoms with Gasteiger partial charge >= 0.3 is 6.03 Å². The number of nitrogens with one attached hydrogen (secondary N) is 1. The molecule has 1 aliphatic heterocycles. The van der Waals surface area contributed by atoms with Gasteiger partial charge in [0.05, 0.1) is 12.6 Å². The largest absolute Gasteiger partial charge is 0.387 e. The molecule has 1 aromatic carbocycles. The number of rotatable bonds is 3. The van der Waals surface area contributed by atoms with E-state index in [1.807, 2.05) is 0 Å². The molecular formula is C13H14F2N2O3. The van der Waals surface area contributed by atoms with Crippen molar-refractivity contribution in [2.24, 2.45) is 0 Å². The van der Waals surface area contributed by atoms with Crippen LogP contribution in [0.4, 0.5) is 13.6 Å². The number of imide groups is 1. The van der Waals surface area contributed by atoms with Gasteiger partial charge < -0.3 is 10.4 Å². The maximum absolute atomic E-state index is 13.1. The number of β-amino-alcohol motifs (C(OH)–C–C–N with tert-alkyl or cyclic N) is 1. The second-order valence-electron chi connectivity index (χ2n) is 5.16. The highest BCUT2D eigenvalue weighted by Crippen LogP contribution is 2.22. The fourth-order valence-corrected chi connectivity index (χ4v) is 1.98. The van der Waals surface area contributed by atoms with Crippen LogP contribution < -0.4 is 5.32 Å². The smallest absolute Gasteiger partial charge is 0.325 e. The van der Waals surface area contributed by atoms with Gasteiger partial charge in [0.15, 0.2) is 11.6 Å². The molecule has 0 aliphatic carbocycles. The second kappa shape index (κ2) is 4.82. The van der Waals surface area contributed by atoms with E-state index in [-0.39, 0.29) is 12.1 Å². The van der Waals surface area contributed by atoms with E-state index in [4.69, 9.17) is 0 Å². The van der Waals surface area contributed by atoms with E-state index in [9.17, 15) is 23.5 Å². The molecule has 1 unspecified atom stereocenters. The molecule has 108 valence electrons. The van der Waals surface area contributed by atoms with Crippen LogP contribution >= 0.6 is 0 Å². The molecule has 1 aliphatic rings. The minimum atomic E-state index is -1.28. The van der Waals surface area contributed by atoms with Crippen molar-refractivity contribution in [1.29, 1.82) is 0 Å². The van der Waals surface area contributed by atoms with Crippen LogP contribution in [0.2, 0.25) is 0 Å². The molecule has 1 saturated heterocycles. The van der Waals surface area contributed by atoms with E-state index in [1.54, 1.807) is 0 Å². The first-order chi connectivity index (χ1) is 9.22. The van der Waals surface area contributed by atoms with Crippen LogP contribution in [0, 0.1) is 11.6 Å². The molecule has 1 fully saturated rings. The van der Waals surface area contributed by atoms with E-state index in [1.165, 1.54) is 19.9 Å². The summed E-state index contributed by atoms with van der Waals surface area (Å²) in [7, 11) is 0. The number of carbonyl (C=O) groups excluding carboxylic acids is 2. The Balaban J connectivity index is 2.15. The first-order valence-electron chi connectivity index (χ1n) is 5.99. The van der Waals surface area contributed by atoms with Crippen LogP contribution in [-0.4, -0.2) is 34.0 Å². The van der Waals surface area contributed by atoms with Crippen LogP contribution in [0.3, 0.4) is 0 Å². The van der Waals surface area contributed by atoms with Crippen molar-refractivity contribution in [3.8, 4) is 0 Å². The predicted molar refractivity (Wildman–Crippen MR) is 65.6 cm³/mol. The SMILES string of the molecule is CC1(C)NC(=O)N(CC(O)c2ccc(F)c(F)c2)C1=O. The number of carbonyl (C=O) groups is 2. The maximum atomic E-state index is 13.1. The molecule has 0 bridgehead atoms. The molecule has 2 rings (SSSR count). The van der Waals surface area contributed by atoms with Crippen molar-refractivity contribution in [3.05, 3.63) is 35.4 Å². The number of aliphatic hydroxyl groups is 1. The van der Waals surface area contributed by atoms with Gasteiger partial charge in [0.25, 0.3) is 5.91 Å². The number of hydrogen-bond donors (Lipinski definition) is 2. The van der Waals surface area contributed by atoms with E-state index >= 15 is 0 Å². The topological polar surface area (TPSA) is 69.6 Å². The Hall–Kier alpha value is -2.02. The lowest BCUT2D eigenvalue weighted by Crippen LogP contribution is -2.40. The Labute approximate surface area is 114 Å². The normalized spacial score (nSPS) is 19.1. The van der Waals surface area contributed by atoms with E-state index in [0.717, 1.165) is 17.0 Å². The van der Waals surface area contributed by atoms with Crippen LogP contribution in [0.1, 0.15) is 25.5 Å². The number of urea groups is 1. The molecule has 5 nitrogen and oxygen atoms in total. The number of halogens is 2. The summed E-state index contributed by atoms with van der Waals surface area (Å²) in [6.07, 6.45) is -1.28. The molecule has 1 atom stereocenters. The summed E-state index contributed by atoms with van der Waals surface area (Å²) in [5.74, 6) is -2.61. The summed E-state index contributed by atoms with van der Waals surface area (Å²) >= 11 is 0. The average molecular weight is 284 g/mol. The van der Waals surface area contributed by atoms with Crippen molar-refractivity contribution in [2.75, 3.05) is 6.54 Å². The molecule has 3 amide bonds. The van der Waals surface area contributed by atoms with Gasteiger partial charge in [0.2, 0.25) is 0 Å². The Kier molecular flexibility index (Phi) is 3.47. The number of nitrogens with zero attached hydrogens (tertiary/aromatic N) is 1. The highest BCUT2D eigenvalue weighted by atomic mass is 19.2. The van der Waals surface area contributed by atoms with E-state index in [2.05, 4.69) is 5.32 Å². The van der Waals surface area contributed by atoms with Gasteiger partial charge in [-0.2, -0.15) is 0 Å². The molecule has 0 aromatic heterocycles. The monoisotopic (exact) mass is 284 g/mol. The molecule has 0 spiro atoms. The summed E-state index contributed by atoms with van der Waals surface area (Å²) in [6.45, 7) is 2.76. The maximum Gasteiger partial charge on any atom is 0.325 e. The molecule has 7 heteroatoms. The number of hydrogen-bond acceptors (Lipinski definition) is 3. The van der Waals surface area contributed by atoms with Gasteiger partial charge in [-0.25, -0.2) is 13.6 Å². The third-order valence-corrected chi connectivity index (χ3v) is 3.13. The minimum absolute atomic E-state index is 0.0919. The molecule has 2 N–H and O–H groups in total. The third kappa shape index (κ3) is 2.49. The summed E-state index contributed by atoms with van der Waals surface area (Å²) in [6, 6.07) is 2.29. The molecular weight excluding hydrogens is 270 g/mol. The van der Waals surface area contributed by atoms with Gasteiger partial charge in [-0.3, -0.25) is 9.69 Å². The average Bonchev–Trinajstić information content (AvgIpc) is 2.55. The zero-order valence-corrected chi connectivity index (χ0v) is 11.0. The quantitative estimate of drug-likeness (QED) is 0.823. The van der Waals surface area contributed by atoms with Gasteiger partial charge in [-0.1, -0.05) is 6.07 Å². The fourth-order valence-electron chi connectivity index (χ4n) is 1.98. The highest BCUT2D eigenvalue weighted by molar-refractivity contribution is 6.06. The van der Waals surface area contributed by atoms with Crippen LogP contribution in [-0.2, 0) is 4.79 Å². The van der Waals surface area contributed by atoms with Crippen molar-refractivity contribution in [1.82, 2.24) is 10.2 Å².